The number of nitrogens with zero attached hydrogens (tertiary/aromatic N) is 3. The maximum Gasteiger partial charge on any atom is 0.271 e. The average Bonchev–Trinajstić information content (AvgIpc) is 2.46. The van der Waals surface area contributed by atoms with Gasteiger partial charge in [-0.05, 0) is 17.7 Å². The van der Waals surface area contributed by atoms with Crippen molar-refractivity contribution >= 4 is 23.2 Å². The van der Waals surface area contributed by atoms with Crippen LogP contribution in [0.4, 0.5) is 5.69 Å². The smallest absolute Gasteiger partial charge is 0.271 e. The van der Waals surface area contributed by atoms with Gasteiger partial charge in [0.15, 0.2) is 0 Å². The van der Waals surface area contributed by atoms with E-state index in [4.69, 9.17) is 11.6 Å². The van der Waals surface area contributed by atoms with E-state index in [1.165, 1.54) is 12.4 Å². The summed E-state index contributed by atoms with van der Waals surface area (Å²) in [4.78, 5) is 21.6. The Balaban J connectivity index is 1.94. The predicted molar refractivity (Wildman–Crippen MR) is 79.0 cm³/mol. The Morgan fingerprint density at radius 2 is 1.90 bits per heavy atom. The lowest BCUT2D eigenvalue weighted by Crippen LogP contribution is -2.24. The Morgan fingerprint density at radius 1 is 1.20 bits per heavy atom. The molecule has 0 aliphatic carbocycles. The molecule has 0 saturated carbocycles. The summed E-state index contributed by atoms with van der Waals surface area (Å²) in [5.41, 5.74) is 2.38. The monoisotopic (exact) mass is 290 g/mol. The SMILES string of the molecule is CN(C)c1ccc(CNC(=O)c2cnc(Cl)cn2)cc1. The number of nitrogens with one attached hydrogen (secondary N) is 1. The van der Waals surface area contributed by atoms with Crippen LogP contribution in [0.15, 0.2) is 36.7 Å². The van der Waals surface area contributed by atoms with Crippen LogP contribution >= 0.6 is 11.6 Å². The summed E-state index contributed by atoms with van der Waals surface area (Å²) >= 11 is 5.62. The van der Waals surface area contributed by atoms with Gasteiger partial charge in [0.25, 0.3) is 5.91 Å². The number of carbonyl (C=O) groups is 1. The van der Waals surface area contributed by atoms with Crippen LogP contribution in [0.25, 0.3) is 0 Å². The molecule has 1 N–H and O–H groups in total. The predicted octanol–water partition coefficient (Wildman–Crippen LogP) is 2.13. The quantitative estimate of drug-likeness (QED) is 0.937. The molecule has 104 valence electrons. The van der Waals surface area contributed by atoms with Crippen molar-refractivity contribution in [3.8, 4) is 0 Å². The molecule has 5 nitrogen and oxygen atoms in total. The molecule has 0 aliphatic rings. The highest BCUT2D eigenvalue weighted by atomic mass is 35.5. The van der Waals surface area contributed by atoms with E-state index in [0.29, 0.717) is 6.54 Å². The van der Waals surface area contributed by atoms with Crippen LogP contribution in [0.1, 0.15) is 16.1 Å². The maximum atomic E-state index is 11.8. The molecule has 0 unspecified atom stereocenters. The van der Waals surface area contributed by atoms with Gasteiger partial charge in [0.2, 0.25) is 0 Å². The Bertz CT molecular complexity index is 581. The van der Waals surface area contributed by atoms with E-state index in [0.717, 1.165) is 11.3 Å². The van der Waals surface area contributed by atoms with Crippen molar-refractivity contribution in [3.05, 3.63) is 53.1 Å². The van der Waals surface area contributed by atoms with E-state index in [1.54, 1.807) is 0 Å². The second-order valence-corrected chi connectivity index (χ2v) is 4.86. The third kappa shape index (κ3) is 3.68. The van der Waals surface area contributed by atoms with Crippen molar-refractivity contribution in [3.63, 3.8) is 0 Å². The lowest BCUT2D eigenvalue weighted by molar-refractivity contribution is 0.0945. The number of hydrogen-bond donors (Lipinski definition) is 1. The minimum Gasteiger partial charge on any atom is -0.378 e. The van der Waals surface area contributed by atoms with Crippen molar-refractivity contribution in [2.24, 2.45) is 0 Å². The Morgan fingerprint density at radius 3 is 2.45 bits per heavy atom. The van der Waals surface area contributed by atoms with E-state index in [-0.39, 0.29) is 16.8 Å². The standard InChI is InChI=1S/C14H15ClN4O/c1-19(2)11-5-3-10(4-6-11)7-18-14(20)12-8-17-13(15)9-16-12/h3-6,8-9H,7H2,1-2H3,(H,18,20). The van der Waals surface area contributed by atoms with E-state index in [9.17, 15) is 4.79 Å². The van der Waals surface area contributed by atoms with Gasteiger partial charge in [-0.15, -0.1) is 0 Å². The summed E-state index contributed by atoms with van der Waals surface area (Å²) in [5, 5.41) is 3.05. The summed E-state index contributed by atoms with van der Waals surface area (Å²) < 4.78 is 0. The number of anilines is 1. The topological polar surface area (TPSA) is 58.1 Å². The van der Waals surface area contributed by atoms with Gasteiger partial charge in [0.05, 0.1) is 12.4 Å². The molecule has 1 aromatic heterocycles. The fourth-order valence-corrected chi connectivity index (χ4v) is 1.71. The van der Waals surface area contributed by atoms with Crippen LogP contribution in [-0.2, 0) is 6.54 Å². The molecule has 0 aliphatic heterocycles. The first-order chi connectivity index (χ1) is 9.56. The zero-order valence-electron chi connectivity index (χ0n) is 11.3. The van der Waals surface area contributed by atoms with Gasteiger partial charge in [-0.3, -0.25) is 4.79 Å². The molecule has 0 fully saturated rings. The summed E-state index contributed by atoms with van der Waals surface area (Å²) in [6.07, 6.45) is 2.70. The van der Waals surface area contributed by atoms with Gasteiger partial charge in [0.1, 0.15) is 10.8 Å². The van der Waals surface area contributed by atoms with Gasteiger partial charge in [-0.1, -0.05) is 23.7 Å². The fourth-order valence-electron chi connectivity index (χ4n) is 1.61. The lowest BCUT2D eigenvalue weighted by atomic mass is 10.2. The molecule has 20 heavy (non-hydrogen) atoms. The van der Waals surface area contributed by atoms with E-state index < -0.39 is 0 Å². The number of rotatable bonds is 4. The molecule has 0 atom stereocenters. The molecule has 1 amide bonds. The number of carbonyl (C=O) groups excluding carboxylic acids is 1. The Kier molecular flexibility index (Phi) is 4.53. The first-order valence-electron chi connectivity index (χ1n) is 6.08. The maximum absolute atomic E-state index is 11.8. The first-order valence-corrected chi connectivity index (χ1v) is 6.46. The normalized spacial score (nSPS) is 10.2. The molecule has 0 bridgehead atoms. The first kappa shape index (κ1) is 14.3. The number of halogens is 1. The van der Waals surface area contributed by atoms with Crippen molar-refractivity contribution < 1.29 is 4.79 Å². The lowest BCUT2D eigenvalue weighted by Gasteiger charge is -2.12. The number of aromatic nitrogens is 2. The van der Waals surface area contributed by atoms with Gasteiger partial charge >= 0.3 is 0 Å². The third-order valence-corrected chi connectivity index (χ3v) is 2.95. The van der Waals surface area contributed by atoms with Crippen molar-refractivity contribution in [2.75, 3.05) is 19.0 Å². The highest BCUT2D eigenvalue weighted by molar-refractivity contribution is 6.29. The van der Waals surface area contributed by atoms with Gasteiger partial charge in [0, 0.05) is 26.3 Å². The third-order valence-electron chi connectivity index (χ3n) is 2.76. The number of benzene rings is 1. The number of hydrogen-bond acceptors (Lipinski definition) is 4. The summed E-state index contributed by atoms with van der Waals surface area (Å²) in [6, 6.07) is 7.96. The molecule has 0 radical (unpaired) electrons. The van der Waals surface area contributed by atoms with Gasteiger partial charge in [-0.2, -0.15) is 0 Å². The fraction of sp³-hybridized carbons (Fsp3) is 0.214. The molecule has 6 heteroatoms. The molecule has 1 aromatic carbocycles. The van der Waals surface area contributed by atoms with Crippen LogP contribution in [0.5, 0.6) is 0 Å². The van der Waals surface area contributed by atoms with Crippen LogP contribution in [-0.4, -0.2) is 30.0 Å². The summed E-state index contributed by atoms with van der Waals surface area (Å²) in [5.74, 6) is -0.272. The van der Waals surface area contributed by atoms with E-state index >= 15 is 0 Å². The minimum atomic E-state index is -0.272. The van der Waals surface area contributed by atoms with Crippen molar-refractivity contribution in [1.29, 1.82) is 0 Å². The largest absolute Gasteiger partial charge is 0.378 e. The van der Waals surface area contributed by atoms with Gasteiger partial charge in [-0.25, -0.2) is 9.97 Å². The highest BCUT2D eigenvalue weighted by Gasteiger charge is 2.07. The van der Waals surface area contributed by atoms with Crippen molar-refractivity contribution in [2.45, 2.75) is 6.54 Å². The van der Waals surface area contributed by atoms with Crippen LogP contribution in [0.3, 0.4) is 0 Å². The Labute approximate surface area is 122 Å². The minimum absolute atomic E-state index is 0.249. The molecular formula is C14H15ClN4O. The van der Waals surface area contributed by atoms with Crippen LogP contribution in [0, 0.1) is 0 Å². The summed E-state index contributed by atoms with van der Waals surface area (Å²) in [6.45, 7) is 0.441. The average molecular weight is 291 g/mol. The second-order valence-electron chi connectivity index (χ2n) is 4.47. The van der Waals surface area contributed by atoms with E-state index in [1.807, 2.05) is 43.3 Å². The molecular weight excluding hydrogens is 276 g/mol. The van der Waals surface area contributed by atoms with Crippen molar-refractivity contribution in [1.82, 2.24) is 15.3 Å². The van der Waals surface area contributed by atoms with E-state index in [2.05, 4.69) is 15.3 Å². The zero-order chi connectivity index (χ0) is 14.5. The molecule has 0 saturated heterocycles. The molecule has 1 heterocycles. The zero-order valence-corrected chi connectivity index (χ0v) is 12.1. The molecule has 2 rings (SSSR count). The second kappa shape index (κ2) is 6.34. The van der Waals surface area contributed by atoms with Crippen LogP contribution < -0.4 is 10.2 Å². The van der Waals surface area contributed by atoms with Crippen LogP contribution in [0.2, 0.25) is 5.15 Å². The number of amides is 1. The molecule has 2 aromatic rings. The molecule has 0 spiro atoms. The Hall–Kier alpha value is -2.14. The highest BCUT2D eigenvalue weighted by Crippen LogP contribution is 2.12. The summed E-state index contributed by atoms with van der Waals surface area (Å²) in [7, 11) is 3.96. The van der Waals surface area contributed by atoms with Gasteiger partial charge < -0.3 is 10.2 Å².